The minimum atomic E-state index is -0.0963. The fourth-order valence-corrected chi connectivity index (χ4v) is 4.84. The minimum absolute atomic E-state index is 0.0917. The molecule has 0 saturated heterocycles. The smallest absolute Gasteiger partial charge is 0.259 e. The van der Waals surface area contributed by atoms with Gasteiger partial charge in [0.25, 0.3) is 5.56 Å². The van der Waals surface area contributed by atoms with Gasteiger partial charge in [0.1, 0.15) is 22.7 Å². The molecule has 3 aromatic heterocycles. The van der Waals surface area contributed by atoms with Crippen molar-refractivity contribution in [2.45, 2.75) is 31.2 Å². The standard InChI is InChI=1S/C19H19N5O2S2/c1-10-11(2)27-18-15(10)17(25)21-16(22-18)12(3)28-19-23-20-9-24(19)13-5-7-14(26-4)8-6-13/h5-9,12H,1-4H3,(H,21,22,25)/t12-/m0/s1. The predicted octanol–water partition coefficient (Wildman–Crippen LogP) is 4.04. The average Bonchev–Trinajstić information content (AvgIpc) is 3.26. The molecular formula is C19H19N5O2S2. The Hall–Kier alpha value is -2.65. The van der Waals surface area contributed by atoms with Gasteiger partial charge in [-0.05, 0) is 50.6 Å². The van der Waals surface area contributed by atoms with Crippen LogP contribution in [0.2, 0.25) is 0 Å². The van der Waals surface area contributed by atoms with E-state index in [9.17, 15) is 4.79 Å². The Morgan fingerprint density at radius 1 is 1.25 bits per heavy atom. The zero-order chi connectivity index (χ0) is 19.8. The van der Waals surface area contributed by atoms with E-state index in [-0.39, 0.29) is 10.8 Å². The van der Waals surface area contributed by atoms with Gasteiger partial charge >= 0.3 is 0 Å². The molecule has 0 aliphatic rings. The molecule has 28 heavy (non-hydrogen) atoms. The summed E-state index contributed by atoms with van der Waals surface area (Å²) in [5.41, 5.74) is 1.84. The summed E-state index contributed by atoms with van der Waals surface area (Å²) in [5.74, 6) is 1.42. The van der Waals surface area contributed by atoms with Crippen LogP contribution in [0.5, 0.6) is 5.75 Å². The number of hydrogen-bond acceptors (Lipinski definition) is 7. The van der Waals surface area contributed by atoms with Crippen molar-refractivity contribution in [3.8, 4) is 11.4 Å². The Kier molecular flexibility index (Phi) is 4.94. The van der Waals surface area contributed by atoms with Gasteiger partial charge in [0.2, 0.25) is 0 Å². The van der Waals surface area contributed by atoms with Gasteiger partial charge < -0.3 is 9.72 Å². The zero-order valence-electron chi connectivity index (χ0n) is 15.9. The molecule has 0 spiro atoms. The van der Waals surface area contributed by atoms with Crippen LogP contribution in [0, 0.1) is 13.8 Å². The first-order chi connectivity index (χ1) is 13.5. The maximum atomic E-state index is 12.5. The fraction of sp³-hybridized carbons (Fsp3) is 0.263. The number of thioether (sulfide) groups is 1. The van der Waals surface area contributed by atoms with E-state index in [0.29, 0.717) is 11.2 Å². The molecule has 144 valence electrons. The van der Waals surface area contributed by atoms with Crippen molar-refractivity contribution in [2.24, 2.45) is 0 Å². The van der Waals surface area contributed by atoms with Crippen molar-refractivity contribution in [3.05, 3.63) is 57.2 Å². The number of hydrogen-bond donors (Lipinski definition) is 1. The molecule has 9 heteroatoms. The lowest BCUT2D eigenvalue weighted by Gasteiger charge is -2.11. The number of fused-ring (bicyclic) bond motifs is 1. The number of methoxy groups -OCH3 is 1. The highest BCUT2D eigenvalue weighted by Gasteiger charge is 2.18. The van der Waals surface area contributed by atoms with Crippen LogP contribution in [0.15, 0.2) is 40.5 Å². The highest BCUT2D eigenvalue weighted by molar-refractivity contribution is 7.99. The summed E-state index contributed by atoms with van der Waals surface area (Å²) in [6.07, 6.45) is 1.67. The molecular weight excluding hydrogens is 394 g/mol. The molecule has 4 aromatic rings. The molecule has 0 fully saturated rings. The lowest BCUT2D eigenvalue weighted by molar-refractivity contribution is 0.414. The Bertz CT molecular complexity index is 1190. The summed E-state index contributed by atoms with van der Waals surface area (Å²) < 4.78 is 7.11. The number of ether oxygens (including phenoxy) is 1. The maximum absolute atomic E-state index is 12.5. The van der Waals surface area contributed by atoms with Gasteiger partial charge in [-0.1, -0.05) is 11.8 Å². The number of aryl methyl sites for hydroxylation is 2. The molecule has 0 unspecified atom stereocenters. The summed E-state index contributed by atoms with van der Waals surface area (Å²) >= 11 is 3.04. The molecule has 1 N–H and O–H groups in total. The fourth-order valence-electron chi connectivity index (χ4n) is 2.90. The number of aromatic amines is 1. The van der Waals surface area contributed by atoms with Crippen LogP contribution < -0.4 is 10.3 Å². The highest BCUT2D eigenvalue weighted by atomic mass is 32.2. The Morgan fingerprint density at radius 3 is 2.71 bits per heavy atom. The highest BCUT2D eigenvalue weighted by Crippen LogP contribution is 2.34. The summed E-state index contributed by atoms with van der Waals surface area (Å²) in [6, 6.07) is 7.67. The number of aromatic nitrogens is 5. The number of nitrogens with zero attached hydrogens (tertiary/aromatic N) is 4. The Labute approximate surface area is 169 Å². The Morgan fingerprint density at radius 2 is 2.00 bits per heavy atom. The van der Waals surface area contributed by atoms with Crippen LogP contribution >= 0.6 is 23.1 Å². The van der Waals surface area contributed by atoms with E-state index in [0.717, 1.165) is 31.9 Å². The second-order valence-electron chi connectivity index (χ2n) is 6.36. The molecule has 0 radical (unpaired) electrons. The number of nitrogens with one attached hydrogen (secondary N) is 1. The summed E-state index contributed by atoms with van der Waals surface area (Å²) in [6.45, 7) is 5.96. The number of thiophene rings is 1. The van der Waals surface area contributed by atoms with Crippen molar-refractivity contribution < 1.29 is 4.74 Å². The quantitative estimate of drug-likeness (QED) is 0.497. The third-order valence-electron chi connectivity index (χ3n) is 4.59. The molecule has 0 aliphatic carbocycles. The number of benzene rings is 1. The molecule has 1 aromatic carbocycles. The topological polar surface area (TPSA) is 85.7 Å². The third-order valence-corrected chi connectivity index (χ3v) is 6.76. The largest absolute Gasteiger partial charge is 0.497 e. The van der Waals surface area contributed by atoms with E-state index >= 15 is 0 Å². The lowest BCUT2D eigenvalue weighted by Crippen LogP contribution is -2.12. The normalized spacial score (nSPS) is 12.4. The van der Waals surface area contributed by atoms with Crippen molar-refractivity contribution in [2.75, 3.05) is 7.11 Å². The first-order valence-corrected chi connectivity index (χ1v) is 10.4. The van der Waals surface area contributed by atoms with Gasteiger partial charge in [-0.25, -0.2) is 4.98 Å². The van der Waals surface area contributed by atoms with Gasteiger partial charge in [-0.15, -0.1) is 21.5 Å². The number of H-pyrrole nitrogens is 1. The SMILES string of the molecule is COc1ccc(-n2cnnc2S[C@@H](C)c2nc3sc(C)c(C)c3c(=O)[nH]2)cc1. The van der Waals surface area contributed by atoms with Gasteiger partial charge in [0.15, 0.2) is 5.16 Å². The third kappa shape index (κ3) is 3.31. The van der Waals surface area contributed by atoms with E-state index in [1.165, 1.54) is 11.8 Å². The second kappa shape index (κ2) is 7.40. The minimum Gasteiger partial charge on any atom is -0.497 e. The summed E-state index contributed by atoms with van der Waals surface area (Å²) in [5, 5.41) is 9.58. The van der Waals surface area contributed by atoms with E-state index in [2.05, 4.69) is 15.2 Å². The van der Waals surface area contributed by atoms with Crippen LogP contribution in [0.4, 0.5) is 0 Å². The van der Waals surface area contributed by atoms with Crippen molar-refractivity contribution in [1.29, 1.82) is 0 Å². The monoisotopic (exact) mass is 413 g/mol. The summed E-state index contributed by atoms with van der Waals surface area (Å²) in [7, 11) is 1.64. The first-order valence-electron chi connectivity index (χ1n) is 8.69. The van der Waals surface area contributed by atoms with Gasteiger partial charge in [0.05, 0.1) is 17.7 Å². The molecule has 7 nitrogen and oxygen atoms in total. The van der Waals surface area contributed by atoms with Crippen LogP contribution in [-0.2, 0) is 0 Å². The zero-order valence-corrected chi connectivity index (χ0v) is 17.5. The molecule has 0 bridgehead atoms. The van der Waals surface area contributed by atoms with E-state index in [1.54, 1.807) is 24.8 Å². The van der Waals surface area contributed by atoms with Gasteiger partial charge in [-0.2, -0.15) is 0 Å². The lowest BCUT2D eigenvalue weighted by atomic mass is 10.2. The van der Waals surface area contributed by atoms with Crippen molar-refractivity contribution in [1.82, 2.24) is 24.7 Å². The van der Waals surface area contributed by atoms with Crippen LogP contribution in [0.1, 0.15) is 28.4 Å². The summed E-state index contributed by atoms with van der Waals surface area (Å²) in [4.78, 5) is 22.1. The first kappa shape index (κ1) is 18.7. The van der Waals surface area contributed by atoms with Crippen molar-refractivity contribution in [3.63, 3.8) is 0 Å². The molecule has 0 aliphatic heterocycles. The predicted molar refractivity (Wildman–Crippen MR) is 112 cm³/mol. The van der Waals surface area contributed by atoms with Gasteiger partial charge in [-0.3, -0.25) is 9.36 Å². The molecule has 1 atom stereocenters. The molecule has 0 amide bonds. The molecule has 4 rings (SSSR count). The molecule has 3 heterocycles. The van der Waals surface area contributed by atoms with Crippen LogP contribution in [0.3, 0.4) is 0 Å². The van der Waals surface area contributed by atoms with E-state index < -0.39 is 0 Å². The van der Waals surface area contributed by atoms with Crippen LogP contribution in [0.25, 0.3) is 15.9 Å². The van der Waals surface area contributed by atoms with Crippen LogP contribution in [-0.4, -0.2) is 31.8 Å². The maximum Gasteiger partial charge on any atom is 0.259 e. The Balaban J connectivity index is 1.64. The average molecular weight is 414 g/mol. The van der Waals surface area contributed by atoms with Crippen molar-refractivity contribution >= 4 is 33.3 Å². The molecule has 0 saturated carbocycles. The van der Waals surface area contributed by atoms with E-state index in [1.807, 2.05) is 49.6 Å². The number of rotatable bonds is 5. The van der Waals surface area contributed by atoms with E-state index in [4.69, 9.17) is 9.72 Å². The second-order valence-corrected chi connectivity index (χ2v) is 8.87. The van der Waals surface area contributed by atoms with Gasteiger partial charge in [0, 0.05) is 10.6 Å².